The summed E-state index contributed by atoms with van der Waals surface area (Å²) < 4.78 is 5.83. The van der Waals surface area contributed by atoms with E-state index >= 15 is 0 Å². The molecule has 0 bridgehead atoms. The molecule has 0 atom stereocenters. The summed E-state index contributed by atoms with van der Waals surface area (Å²) in [5.41, 5.74) is 7.43. The van der Waals surface area contributed by atoms with Gasteiger partial charge >= 0.3 is 5.97 Å². The fraction of sp³-hybridized carbons (Fsp3) is 0.303. The molecule has 0 radical (unpaired) electrons. The third-order valence-electron chi connectivity index (χ3n) is 7.80. The van der Waals surface area contributed by atoms with E-state index in [-0.39, 0.29) is 24.9 Å². The summed E-state index contributed by atoms with van der Waals surface area (Å²) in [5.74, 6) is -0.465. The minimum absolute atomic E-state index is 0.0165. The predicted molar refractivity (Wildman–Crippen MR) is 153 cm³/mol. The highest BCUT2D eigenvalue weighted by Gasteiger charge is 2.28. The summed E-state index contributed by atoms with van der Waals surface area (Å²) in [6.45, 7) is 4.79. The van der Waals surface area contributed by atoms with Crippen molar-refractivity contribution >= 4 is 34.2 Å². The fourth-order valence-corrected chi connectivity index (χ4v) is 5.95. The minimum atomic E-state index is -0.382. The molecule has 2 aliphatic heterocycles. The van der Waals surface area contributed by atoms with E-state index in [1.54, 1.807) is 4.90 Å². The van der Waals surface area contributed by atoms with E-state index in [1.165, 1.54) is 0 Å². The van der Waals surface area contributed by atoms with Crippen LogP contribution < -0.4 is 4.90 Å². The van der Waals surface area contributed by atoms with Crippen LogP contribution in [0.4, 0.5) is 11.4 Å². The highest BCUT2D eigenvalue weighted by molar-refractivity contribution is 6.06. The van der Waals surface area contributed by atoms with Crippen molar-refractivity contribution in [2.24, 2.45) is 0 Å². The van der Waals surface area contributed by atoms with Gasteiger partial charge in [-0.2, -0.15) is 0 Å². The van der Waals surface area contributed by atoms with Crippen LogP contribution in [0.5, 0.6) is 0 Å². The van der Waals surface area contributed by atoms with E-state index in [4.69, 9.17) is 9.72 Å². The zero-order valence-corrected chi connectivity index (χ0v) is 22.4. The van der Waals surface area contributed by atoms with Crippen molar-refractivity contribution in [2.45, 2.75) is 45.6 Å². The van der Waals surface area contributed by atoms with Crippen LogP contribution in [0.1, 0.15) is 52.5 Å². The molecule has 39 heavy (non-hydrogen) atoms. The Kier molecular flexibility index (Phi) is 7.12. The highest BCUT2D eigenvalue weighted by atomic mass is 16.5. The minimum Gasteiger partial charge on any atom is -0.462 e. The van der Waals surface area contributed by atoms with E-state index in [2.05, 4.69) is 24.0 Å². The van der Waals surface area contributed by atoms with E-state index in [1.807, 2.05) is 60.7 Å². The number of benzene rings is 3. The van der Waals surface area contributed by atoms with Crippen molar-refractivity contribution in [1.82, 2.24) is 9.88 Å². The molecular formula is C33H33N3O3. The van der Waals surface area contributed by atoms with Crippen LogP contribution in [0.3, 0.4) is 0 Å². The number of fused-ring (bicyclic) bond motifs is 4. The number of carbonyl (C=O) groups is 2. The second-order valence-electron chi connectivity index (χ2n) is 10.3. The van der Waals surface area contributed by atoms with Gasteiger partial charge in [-0.1, -0.05) is 61.5 Å². The Balaban J connectivity index is 1.25. The molecule has 0 saturated heterocycles. The van der Waals surface area contributed by atoms with Gasteiger partial charge in [-0.15, -0.1) is 0 Å². The first kappa shape index (κ1) is 25.3. The quantitative estimate of drug-likeness (QED) is 0.292. The number of hydrogen-bond acceptors (Lipinski definition) is 5. The summed E-state index contributed by atoms with van der Waals surface area (Å²) in [6.07, 6.45) is 3.72. The first-order chi connectivity index (χ1) is 19.1. The zero-order chi connectivity index (χ0) is 26.8. The Morgan fingerprint density at radius 1 is 0.872 bits per heavy atom. The topological polar surface area (TPSA) is 62.7 Å². The fourth-order valence-electron chi connectivity index (χ4n) is 5.95. The molecule has 0 aliphatic carbocycles. The third-order valence-corrected chi connectivity index (χ3v) is 7.80. The van der Waals surface area contributed by atoms with Crippen molar-refractivity contribution in [3.05, 3.63) is 101 Å². The normalized spacial score (nSPS) is 14.7. The van der Waals surface area contributed by atoms with Crippen LogP contribution in [0, 0.1) is 0 Å². The number of aromatic nitrogens is 1. The van der Waals surface area contributed by atoms with Crippen molar-refractivity contribution in [3.8, 4) is 0 Å². The number of rotatable bonds is 6. The lowest BCUT2D eigenvalue weighted by Gasteiger charge is -2.29. The van der Waals surface area contributed by atoms with Crippen molar-refractivity contribution in [1.29, 1.82) is 0 Å². The monoisotopic (exact) mass is 519 g/mol. The number of aryl methyl sites for hydroxylation is 2. The Labute approximate surface area is 229 Å². The molecule has 1 amide bonds. The third kappa shape index (κ3) is 4.92. The van der Waals surface area contributed by atoms with Crippen LogP contribution in [-0.4, -0.2) is 41.5 Å². The smallest absolute Gasteiger partial charge is 0.339 e. The van der Waals surface area contributed by atoms with Gasteiger partial charge in [0.25, 0.3) is 0 Å². The number of amides is 1. The molecule has 0 unspecified atom stereocenters. The zero-order valence-electron chi connectivity index (χ0n) is 22.4. The van der Waals surface area contributed by atoms with E-state index in [9.17, 15) is 9.59 Å². The molecule has 3 aromatic carbocycles. The number of carbonyl (C=O) groups excluding carboxylic acids is 2. The number of esters is 1. The Hall–Kier alpha value is -4.03. The lowest BCUT2D eigenvalue weighted by atomic mass is 9.95. The van der Waals surface area contributed by atoms with Gasteiger partial charge in [0.2, 0.25) is 5.91 Å². The first-order valence-electron chi connectivity index (χ1n) is 13.9. The Bertz CT molecular complexity index is 1500. The van der Waals surface area contributed by atoms with Gasteiger partial charge in [0, 0.05) is 36.2 Å². The molecule has 6 nitrogen and oxygen atoms in total. The molecular weight excluding hydrogens is 486 g/mol. The SMILES string of the molecule is CCCN1CCc2nc3ccccc3c(C(=O)OCCC(=O)N3c4ccccc4CCc4ccccc43)c2C1. The molecule has 1 aromatic heterocycles. The largest absolute Gasteiger partial charge is 0.462 e. The second kappa shape index (κ2) is 11.0. The van der Waals surface area contributed by atoms with Crippen molar-refractivity contribution in [3.63, 3.8) is 0 Å². The molecule has 0 fully saturated rings. The number of hydrogen-bond donors (Lipinski definition) is 0. The van der Waals surface area contributed by atoms with Crippen molar-refractivity contribution in [2.75, 3.05) is 24.6 Å². The Morgan fingerprint density at radius 3 is 2.26 bits per heavy atom. The van der Waals surface area contributed by atoms with Gasteiger partial charge < -0.3 is 4.74 Å². The lowest BCUT2D eigenvalue weighted by molar-refractivity contribution is -0.118. The van der Waals surface area contributed by atoms with Gasteiger partial charge in [0.1, 0.15) is 6.61 Å². The molecule has 0 saturated carbocycles. The maximum atomic E-state index is 13.7. The number of ether oxygens (including phenoxy) is 1. The average Bonchev–Trinajstić information content (AvgIpc) is 3.13. The lowest BCUT2D eigenvalue weighted by Crippen LogP contribution is -2.33. The van der Waals surface area contributed by atoms with Gasteiger partial charge in [0.05, 0.1) is 28.9 Å². The molecule has 4 aromatic rings. The summed E-state index contributed by atoms with van der Waals surface area (Å²) >= 11 is 0. The van der Waals surface area contributed by atoms with Gasteiger partial charge in [0.15, 0.2) is 0 Å². The van der Waals surface area contributed by atoms with Gasteiger partial charge in [-0.05, 0) is 55.1 Å². The van der Waals surface area contributed by atoms with Gasteiger partial charge in [-0.25, -0.2) is 4.79 Å². The van der Waals surface area contributed by atoms with E-state index in [0.717, 1.165) is 83.4 Å². The number of nitrogens with zero attached hydrogens (tertiary/aromatic N) is 3. The van der Waals surface area contributed by atoms with Crippen LogP contribution in [0.15, 0.2) is 72.8 Å². The summed E-state index contributed by atoms with van der Waals surface area (Å²) in [5, 5.41) is 0.807. The Morgan fingerprint density at radius 2 is 1.54 bits per heavy atom. The summed E-state index contributed by atoms with van der Waals surface area (Å²) in [7, 11) is 0. The summed E-state index contributed by atoms with van der Waals surface area (Å²) in [4.78, 5) is 36.3. The molecule has 0 spiro atoms. The molecule has 198 valence electrons. The van der Waals surface area contributed by atoms with Crippen molar-refractivity contribution < 1.29 is 14.3 Å². The summed E-state index contributed by atoms with van der Waals surface area (Å²) in [6, 6.07) is 23.9. The van der Waals surface area contributed by atoms with E-state index < -0.39 is 0 Å². The average molecular weight is 520 g/mol. The van der Waals surface area contributed by atoms with E-state index in [0.29, 0.717) is 12.1 Å². The maximum Gasteiger partial charge on any atom is 0.339 e. The first-order valence-corrected chi connectivity index (χ1v) is 13.9. The second-order valence-corrected chi connectivity index (χ2v) is 10.3. The number of anilines is 2. The maximum absolute atomic E-state index is 13.7. The van der Waals surface area contributed by atoms with Crippen LogP contribution in [0.25, 0.3) is 10.9 Å². The molecule has 2 aliphatic rings. The molecule has 3 heterocycles. The van der Waals surface area contributed by atoms with Crippen LogP contribution in [0.2, 0.25) is 0 Å². The molecule has 6 heteroatoms. The van der Waals surface area contributed by atoms with Gasteiger partial charge in [-0.3, -0.25) is 19.6 Å². The number of pyridine rings is 1. The molecule has 0 N–H and O–H groups in total. The predicted octanol–water partition coefficient (Wildman–Crippen LogP) is 6.01. The van der Waals surface area contributed by atoms with Crippen LogP contribution in [-0.2, 0) is 35.3 Å². The standard InChI is InChI=1S/C33H33N3O3/c1-2-19-35-20-17-28-26(22-35)32(25-11-5-6-12-27(25)34-28)33(38)39-21-18-31(37)36-29-13-7-3-9-23(29)15-16-24-10-4-8-14-30(24)36/h3-14H,2,15-22H2,1H3. The number of para-hydroxylation sites is 3. The van der Waals surface area contributed by atoms with Crippen LogP contribution >= 0.6 is 0 Å². The molecule has 6 rings (SSSR count). The highest BCUT2D eigenvalue weighted by Crippen LogP contribution is 2.36.